The molecule has 152 valence electrons. The molecule has 0 N–H and O–H groups in total. The van der Waals surface area contributed by atoms with Gasteiger partial charge in [-0.2, -0.15) is 4.31 Å². The summed E-state index contributed by atoms with van der Waals surface area (Å²) in [6.45, 7) is 4.04. The second kappa shape index (κ2) is 8.87. The fourth-order valence-electron chi connectivity index (χ4n) is 3.70. The van der Waals surface area contributed by atoms with Gasteiger partial charge in [0.25, 0.3) is 0 Å². The van der Waals surface area contributed by atoms with E-state index in [-0.39, 0.29) is 30.8 Å². The highest BCUT2D eigenvalue weighted by Gasteiger charge is 2.33. The van der Waals surface area contributed by atoms with Gasteiger partial charge in [0, 0.05) is 51.6 Å². The van der Waals surface area contributed by atoms with E-state index in [0.717, 1.165) is 18.4 Å². The molecular formula is C20H27N3O4S. The zero-order valence-corrected chi connectivity index (χ0v) is 17.0. The predicted molar refractivity (Wildman–Crippen MR) is 108 cm³/mol. The molecule has 0 saturated carbocycles. The fraction of sp³-hybridized carbons (Fsp3) is 0.500. The Morgan fingerprint density at radius 2 is 1.68 bits per heavy atom. The summed E-state index contributed by atoms with van der Waals surface area (Å²) >= 11 is 0. The van der Waals surface area contributed by atoms with Crippen LogP contribution in [0.2, 0.25) is 0 Å². The van der Waals surface area contributed by atoms with Gasteiger partial charge in [-0.25, -0.2) is 8.42 Å². The van der Waals surface area contributed by atoms with E-state index in [0.29, 0.717) is 26.2 Å². The molecule has 0 aromatic heterocycles. The third-order valence-corrected chi connectivity index (χ3v) is 6.92. The third-order valence-electron chi connectivity index (χ3n) is 5.36. The molecule has 1 aromatic rings. The van der Waals surface area contributed by atoms with Gasteiger partial charge >= 0.3 is 0 Å². The Morgan fingerprint density at radius 1 is 1.00 bits per heavy atom. The van der Waals surface area contributed by atoms with Gasteiger partial charge in [0.2, 0.25) is 21.8 Å². The second-order valence-electron chi connectivity index (χ2n) is 7.29. The van der Waals surface area contributed by atoms with E-state index in [1.807, 2.05) is 30.3 Å². The highest BCUT2D eigenvalue weighted by Crippen LogP contribution is 2.20. The lowest BCUT2D eigenvalue weighted by molar-refractivity contribution is -0.141. The first-order valence-corrected chi connectivity index (χ1v) is 11.1. The Balaban J connectivity index is 1.55. The van der Waals surface area contributed by atoms with E-state index in [4.69, 9.17) is 0 Å². The van der Waals surface area contributed by atoms with Crippen LogP contribution in [0.3, 0.4) is 0 Å². The van der Waals surface area contributed by atoms with Gasteiger partial charge < -0.3 is 9.80 Å². The molecule has 2 amide bonds. The molecule has 1 aromatic carbocycles. The van der Waals surface area contributed by atoms with Crippen LogP contribution in [0.25, 0.3) is 6.08 Å². The van der Waals surface area contributed by atoms with Gasteiger partial charge in [-0.3, -0.25) is 9.59 Å². The molecule has 0 aliphatic carbocycles. The maximum Gasteiger partial charge on any atom is 0.236 e. The van der Waals surface area contributed by atoms with E-state index in [9.17, 15) is 18.0 Å². The average molecular weight is 406 g/mol. The van der Waals surface area contributed by atoms with E-state index in [1.54, 1.807) is 15.9 Å². The Bertz CT molecular complexity index is 830. The topological polar surface area (TPSA) is 78.0 Å². The number of hydrogen-bond donors (Lipinski definition) is 0. The van der Waals surface area contributed by atoms with Crippen LogP contribution in [-0.2, 0) is 19.6 Å². The Hall–Kier alpha value is -2.19. The first-order chi connectivity index (χ1) is 13.4. The molecule has 28 heavy (non-hydrogen) atoms. The van der Waals surface area contributed by atoms with Crippen molar-refractivity contribution in [2.75, 3.05) is 39.3 Å². The lowest BCUT2D eigenvalue weighted by Gasteiger charge is -2.38. The smallest absolute Gasteiger partial charge is 0.236 e. The molecule has 3 rings (SSSR count). The summed E-state index contributed by atoms with van der Waals surface area (Å²) in [7, 11) is -3.51. The van der Waals surface area contributed by atoms with Gasteiger partial charge in [0.05, 0.1) is 5.92 Å². The van der Waals surface area contributed by atoms with Gasteiger partial charge in [-0.15, -0.1) is 0 Å². The van der Waals surface area contributed by atoms with Crippen molar-refractivity contribution < 1.29 is 18.0 Å². The summed E-state index contributed by atoms with van der Waals surface area (Å²) in [5, 5.41) is 1.23. The fourth-order valence-corrected chi connectivity index (χ4v) is 4.87. The SMILES string of the molecule is CC(=O)N1CCC[C@@H](C(=O)N2CCN(S(=O)(=O)/C=C/c3ccccc3)CC2)C1. The molecule has 2 saturated heterocycles. The Labute approximate surface area is 166 Å². The minimum absolute atomic E-state index is 0.00128. The van der Waals surface area contributed by atoms with Crippen molar-refractivity contribution in [1.82, 2.24) is 14.1 Å². The van der Waals surface area contributed by atoms with E-state index in [1.165, 1.54) is 16.6 Å². The molecule has 2 aliphatic heterocycles. The molecule has 0 radical (unpaired) electrons. The molecule has 7 nitrogen and oxygen atoms in total. The van der Waals surface area contributed by atoms with Crippen LogP contribution < -0.4 is 0 Å². The summed E-state index contributed by atoms with van der Waals surface area (Å²) in [4.78, 5) is 27.8. The van der Waals surface area contributed by atoms with Crippen molar-refractivity contribution >= 4 is 27.9 Å². The lowest BCUT2D eigenvalue weighted by Crippen LogP contribution is -2.53. The average Bonchev–Trinajstić information content (AvgIpc) is 2.73. The first kappa shape index (κ1) is 20.5. The zero-order valence-electron chi connectivity index (χ0n) is 16.2. The predicted octanol–water partition coefficient (Wildman–Crippen LogP) is 1.39. The molecular weight excluding hydrogens is 378 g/mol. The van der Waals surface area contributed by atoms with E-state index < -0.39 is 10.0 Å². The molecule has 2 aliphatic rings. The number of carbonyl (C=O) groups excluding carboxylic acids is 2. The first-order valence-electron chi connectivity index (χ1n) is 9.64. The normalized spacial score (nSPS) is 21.8. The van der Waals surface area contributed by atoms with Crippen LogP contribution >= 0.6 is 0 Å². The highest BCUT2D eigenvalue weighted by atomic mass is 32.2. The van der Waals surface area contributed by atoms with Crippen molar-refractivity contribution in [1.29, 1.82) is 0 Å². The molecule has 2 heterocycles. The standard InChI is InChI=1S/C20H27N3O4S/c1-17(24)22-10-5-8-19(16-22)20(25)21-11-13-23(14-12-21)28(26,27)15-9-18-6-3-2-4-7-18/h2-4,6-7,9,15,19H,5,8,10-14,16H2,1H3/b15-9+/t19-/m1/s1. The number of nitrogens with zero attached hydrogens (tertiary/aromatic N) is 3. The number of hydrogen-bond acceptors (Lipinski definition) is 4. The second-order valence-corrected chi connectivity index (χ2v) is 9.11. The van der Waals surface area contributed by atoms with Crippen LogP contribution in [0.1, 0.15) is 25.3 Å². The van der Waals surface area contributed by atoms with Crippen molar-refractivity contribution in [3.63, 3.8) is 0 Å². The van der Waals surface area contributed by atoms with Gasteiger partial charge in [-0.1, -0.05) is 30.3 Å². The monoisotopic (exact) mass is 405 g/mol. The zero-order chi connectivity index (χ0) is 20.1. The van der Waals surface area contributed by atoms with Gasteiger partial charge in [0.1, 0.15) is 0 Å². The summed E-state index contributed by atoms with van der Waals surface area (Å²) in [6.07, 6.45) is 3.20. The molecule has 1 atom stereocenters. The molecule has 8 heteroatoms. The number of sulfonamides is 1. The van der Waals surface area contributed by atoms with Crippen molar-refractivity contribution in [2.24, 2.45) is 5.92 Å². The number of carbonyl (C=O) groups is 2. The van der Waals surface area contributed by atoms with Crippen LogP contribution in [0.15, 0.2) is 35.7 Å². The number of benzene rings is 1. The maximum atomic E-state index is 12.8. The molecule has 2 fully saturated rings. The van der Waals surface area contributed by atoms with E-state index in [2.05, 4.69) is 0 Å². The number of piperidine rings is 1. The van der Waals surface area contributed by atoms with Crippen LogP contribution in [-0.4, -0.2) is 73.6 Å². The lowest BCUT2D eigenvalue weighted by atomic mass is 9.96. The van der Waals surface area contributed by atoms with Gasteiger partial charge in [0.15, 0.2) is 0 Å². The Kier molecular flexibility index (Phi) is 6.51. The van der Waals surface area contributed by atoms with Crippen molar-refractivity contribution in [3.05, 3.63) is 41.3 Å². The summed E-state index contributed by atoms with van der Waals surface area (Å²) in [5.74, 6) is -0.153. The summed E-state index contributed by atoms with van der Waals surface area (Å²) in [6, 6.07) is 9.28. The van der Waals surface area contributed by atoms with Crippen LogP contribution in [0.4, 0.5) is 0 Å². The minimum atomic E-state index is -3.51. The Morgan fingerprint density at radius 3 is 2.32 bits per heavy atom. The summed E-state index contributed by atoms with van der Waals surface area (Å²) < 4.78 is 26.5. The maximum absolute atomic E-state index is 12.8. The third kappa shape index (κ3) is 4.99. The number of piperazine rings is 1. The van der Waals surface area contributed by atoms with Gasteiger partial charge in [-0.05, 0) is 24.5 Å². The molecule has 0 bridgehead atoms. The highest BCUT2D eigenvalue weighted by molar-refractivity contribution is 7.92. The minimum Gasteiger partial charge on any atom is -0.342 e. The quantitative estimate of drug-likeness (QED) is 0.758. The number of rotatable bonds is 4. The molecule has 0 unspecified atom stereocenters. The summed E-state index contributed by atoms with van der Waals surface area (Å²) in [5.41, 5.74) is 0.826. The van der Waals surface area contributed by atoms with Crippen LogP contribution in [0, 0.1) is 5.92 Å². The number of likely N-dealkylation sites (tertiary alicyclic amines) is 1. The van der Waals surface area contributed by atoms with Crippen molar-refractivity contribution in [2.45, 2.75) is 19.8 Å². The largest absolute Gasteiger partial charge is 0.342 e. The molecule has 0 spiro atoms. The number of amides is 2. The van der Waals surface area contributed by atoms with Crippen LogP contribution in [0.5, 0.6) is 0 Å². The van der Waals surface area contributed by atoms with Crippen molar-refractivity contribution in [3.8, 4) is 0 Å². The van der Waals surface area contributed by atoms with E-state index >= 15 is 0 Å².